The van der Waals surface area contributed by atoms with Crippen LogP contribution in [0.5, 0.6) is 0 Å². The summed E-state index contributed by atoms with van der Waals surface area (Å²) in [6.45, 7) is 0. The maximum absolute atomic E-state index is 12.8. The van der Waals surface area contributed by atoms with Crippen LogP contribution in [0, 0.1) is 0 Å². The lowest BCUT2D eigenvalue weighted by Crippen LogP contribution is -2.58. The lowest BCUT2D eigenvalue weighted by molar-refractivity contribution is -0.142. The fourth-order valence-corrected chi connectivity index (χ4v) is 3.93. The van der Waals surface area contributed by atoms with Gasteiger partial charge < -0.3 is 31.8 Å². The number of carbonyl (C=O) groups excluding carboxylic acids is 3. The van der Waals surface area contributed by atoms with Crippen LogP contribution in [0.1, 0.15) is 18.5 Å². The van der Waals surface area contributed by atoms with E-state index in [-0.39, 0.29) is 18.6 Å². The van der Waals surface area contributed by atoms with Gasteiger partial charge >= 0.3 is 5.97 Å². The van der Waals surface area contributed by atoms with Gasteiger partial charge in [0.2, 0.25) is 17.7 Å². The van der Waals surface area contributed by atoms with E-state index >= 15 is 0 Å². The van der Waals surface area contributed by atoms with E-state index in [0.29, 0.717) is 23.6 Å². The van der Waals surface area contributed by atoms with Crippen LogP contribution < -0.4 is 21.7 Å². The minimum absolute atomic E-state index is 0.00125. The van der Waals surface area contributed by atoms with Crippen LogP contribution in [-0.4, -0.2) is 92.7 Å². The molecule has 0 aliphatic rings. The predicted octanol–water partition coefficient (Wildman–Crippen LogP) is -0.745. The molecule has 0 bridgehead atoms. The number of aromatic amines is 1. The van der Waals surface area contributed by atoms with Crippen LogP contribution >= 0.6 is 36.2 Å². The van der Waals surface area contributed by atoms with Crippen molar-refractivity contribution in [3.63, 3.8) is 0 Å². The Hall–Kier alpha value is -1.90. The molecule has 14 heteroatoms. The van der Waals surface area contributed by atoms with E-state index in [2.05, 4.69) is 38.5 Å². The van der Waals surface area contributed by atoms with Crippen molar-refractivity contribution >= 4 is 59.8 Å². The topological polar surface area (TPSA) is 179 Å². The highest BCUT2D eigenvalue weighted by Gasteiger charge is 2.30. The quantitative estimate of drug-likeness (QED) is 0.138. The molecule has 1 aromatic rings. The molecule has 3 amide bonds. The number of nitrogens with zero attached hydrogens (tertiary/aromatic N) is 1. The molecule has 4 atom stereocenters. The summed E-state index contributed by atoms with van der Waals surface area (Å²) in [6, 6.07) is -3.95. The van der Waals surface area contributed by atoms with E-state index in [1.807, 2.05) is 12.5 Å². The number of carboxylic acids is 1. The number of aliphatic carboxylic acids is 1. The summed E-state index contributed by atoms with van der Waals surface area (Å²) in [4.78, 5) is 56.1. The first-order valence-corrected chi connectivity index (χ1v) is 13.6. The van der Waals surface area contributed by atoms with Crippen molar-refractivity contribution in [2.75, 3.05) is 29.8 Å². The van der Waals surface area contributed by atoms with Gasteiger partial charge in [-0.2, -0.15) is 36.2 Å². The van der Waals surface area contributed by atoms with Gasteiger partial charge in [0.25, 0.3) is 0 Å². The van der Waals surface area contributed by atoms with E-state index in [9.17, 15) is 24.3 Å². The van der Waals surface area contributed by atoms with E-state index in [0.717, 1.165) is 0 Å². The minimum atomic E-state index is -1.22. The normalized spacial score (nSPS) is 14.5. The highest BCUT2D eigenvalue weighted by Crippen LogP contribution is 2.06. The first kappa shape index (κ1) is 29.1. The summed E-state index contributed by atoms with van der Waals surface area (Å²) < 4.78 is 0. The van der Waals surface area contributed by atoms with E-state index in [1.54, 1.807) is 11.8 Å². The number of aromatic nitrogens is 2. The summed E-state index contributed by atoms with van der Waals surface area (Å²) in [6.07, 6.45) is 7.37. The molecule has 11 nitrogen and oxygen atoms in total. The zero-order valence-electron chi connectivity index (χ0n) is 18.6. The Kier molecular flexibility index (Phi) is 14.0. The number of nitrogens with one attached hydrogen (secondary N) is 4. The third-order valence-electron chi connectivity index (χ3n) is 4.62. The van der Waals surface area contributed by atoms with Crippen molar-refractivity contribution in [1.29, 1.82) is 0 Å². The van der Waals surface area contributed by atoms with Gasteiger partial charge in [0.05, 0.1) is 12.4 Å². The first-order valence-electron chi connectivity index (χ1n) is 10.2. The molecule has 0 aliphatic carbocycles. The maximum Gasteiger partial charge on any atom is 0.326 e. The predicted molar refractivity (Wildman–Crippen MR) is 134 cm³/mol. The van der Waals surface area contributed by atoms with Crippen molar-refractivity contribution in [1.82, 2.24) is 25.9 Å². The fraction of sp³-hybridized carbons (Fsp3) is 0.632. The Bertz CT molecular complexity index is 767. The number of thiol groups is 1. The minimum Gasteiger partial charge on any atom is -0.480 e. The molecule has 7 N–H and O–H groups in total. The zero-order valence-corrected chi connectivity index (χ0v) is 21.1. The van der Waals surface area contributed by atoms with Gasteiger partial charge in [0.1, 0.15) is 18.1 Å². The highest BCUT2D eigenvalue weighted by atomic mass is 32.2. The number of carbonyl (C=O) groups is 4. The molecule has 1 rings (SSSR count). The van der Waals surface area contributed by atoms with Crippen molar-refractivity contribution in [2.45, 2.75) is 43.4 Å². The van der Waals surface area contributed by atoms with Crippen molar-refractivity contribution in [3.05, 3.63) is 18.2 Å². The Labute approximate surface area is 207 Å². The van der Waals surface area contributed by atoms with Crippen LogP contribution in [0.2, 0.25) is 0 Å². The highest BCUT2D eigenvalue weighted by molar-refractivity contribution is 7.98. The Morgan fingerprint density at radius 1 is 1.03 bits per heavy atom. The molecule has 0 aromatic carbocycles. The second-order valence-corrected chi connectivity index (χ2v) is 9.49. The smallest absolute Gasteiger partial charge is 0.326 e. The molecule has 186 valence electrons. The third-order valence-corrected chi connectivity index (χ3v) is 6.28. The molecular formula is C19H32N6O5S3. The number of imidazole rings is 1. The van der Waals surface area contributed by atoms with Gasteiger partial charge in [-0.25, -0.2) is 9.78 Å². The summed E-state index contributed by atoms with van der Waals surface area (Å²) >= 11 is 7.17. The van der Waals surface area contributed by atoms with E-state index < -0.39 is 47.9 Å². The molecule has 0 saturated heterocycles. The molecule has 33 heavy (non-hydrogen) atoms. The summed E-state index contributed by atoms with van der Waals surface area (Å²) in [5, 5.41) is 17.1. The molecule has 0 spiro atoms. The molecular weight excluding hydrogens is 488 g/mol. The number of amides is 3. The van der Waals surface area contributed by atoms with Crippen LogP contribution in [0.4, 0.5) is 0 Å². The molecule has 0 saturated carbocycles. The zero-order chi connectivity index (χ0) is 24.8. The van der Waals surface area contributed by atoms with Crippen molar-refractivity contribution in [2.24, 2.45) is 5.73 Å². The second kappa shape index (κ2) is 15.9. The Balaban J connectivity index is 2.81. The van der Waals surface area contributed by atoms with E-state index in [4.69, 9.17) is 5.73 Å². The molecule has 0 radical (unpaired) electrons. The van der Waals surface area contributed by atoms with Gasteiger partial charge in [-0.05, 0) is 36.9 Å². The third kappa shape index (κ3) is 10.7. The van der Waals surface area contributed by atoms with Crippen LogP contribution in [0.15, 0.2) is 12.5 Å². The number of nitrogens with two attached hydrogens (primary N) is 1. The van der Waals surface area contributed by atoms with E-state index in [1.165, 1.54) is 24.3 Å². The molecule has 1 aromatic heterocycles. The fourth-order valence-electron chi connectivity index (χ4n) is 2.71. The van der Waals surface area contributed by atoms with Gasteiger partial charge in [-0.1, -0.05) is 0 Å². The number of rotatable bonds is 16. The lowest BCUT2D eigenvalue weighted by Gasteiger charge is -2.24. The average molecular weight is 521 g/mol. The Morgan fingerprint density at radius 2 is 1.61 bits per heavy atom. The van der Waals surface area contributed by atoms with Crippen LogP contribution in [-0.2, 0) is 25.6 Å². The summed E-state index contributed by atoms with van der Waals surface area (Å²) in [7, 11) is 0. The standard InChI is InChI=1S/C19H32N6O5S3/c1-32-5-3-12(20)16(26)25-15(9-31)18(28)23-13(4-6-33-2)17(27)24-14(19(29)30)7-11-8-21-10-22-11/h8,10,12-15,31H,3-7,9,20H2,1-2H3,(H,21,22)(H,23,28)(H,24,27)(H,25,26)(H,29,30). The number of hydrogen-bond donors (Lipinski definition) is 7. The van der Waals surface area contributed by atoms with Gasteiger partial charge in [0, 0.05) is 24.1 Å². The molecule has 1 heterocycles. The number of thioether (sulfide) groups is 2. The SMILES string of the molecule is CSCCC(N)C(=O)NC(CS)C(=O)NC(CCSC)C(=O)NC(Cc1cnc[nH]1)C(=O)O. The summed E-state index contributed by atoms with van der Waals surface area (Å²) in [5.74, 6) is -1.68. The second-order valence-electron chi connectivity index (χ2n) is 7.15. The van der Waals surface area contributed by atoms with Gasteiger partial charge in [0.15, 0.2) is 0 Å². The number of H-pyrrole nitrogens is 1. The average Bonchev–Trinajstić information content (AvgIpc) is 3.30. The largest absolute Gasteiger partial charge is 0.480 e. The molecule has 0 fully saturated rings. The van der Waals surface area contributed by atoms with Crippen molar-refractivity contribution in [3.8, 4) is 0 Å². The lowest BCUT2D eigenvalue weighted by atomic mass is 10.1. The molecule has 0 aliphatic heterocycles. The van der Waals surface area contributed by atoms with Crippen LogP contribution in [0.25, 0.3) is 0 Å². The first-order chi connectivity index (χ1) is 15.7. The molecule has 4 unspecified atom stereocenters. The van der Waals surface area contributed by atoms with Gasteiger partial charge in [-0.15, -0.1) is 0 Å². The Morgan fingerprint density at radius 3 is 2.15 bits per heavy atom. The monoisotopic (exact) mass is 520 g/mol. The number of hydrogen-bond acceptors (Lipinski definition) is 9. The maximum atomic E-state index is 12.8. The number of carboxylic acid groups (broad SMARTS) is 1. The summed E-state index contributed by atoms with van der Waals surface area (Å²) in [5.41, 5.74) is 6.39. The van der Waals surface area contributed by atoms with Gasteiger partial charge in [-0.3, -0.25) is 14.4 Å². The van der Waals surface area contributed by atoms with Crippen molar-refractivity contribution < 1.29 is 24.3 Å². The van der Waals surface area contributed by atoms with Crippen LogP contribution in [0.3, 0.4) is 0 Å².